The summed E-state index contributed by atoms with van der Waals surface area (Å²) in [5.74, 6) is 0.0330. The molecule has 4 aliphatic rings. The maximum atomic E-state index is 13.4. The highest BCUT2D eigenvalue weighted by Gasteiger charge is 2.41. The average molecular weight is 526 g/mol. The van der Waals surface area contributed by atoms with Crippen molar-refractivity contribution in [3.63, 3.8) is 0 Å². The van der Waals surface area contributed by atoms with E-state index >= 15 is 0 Å². The Morgan fingerprint density at radius 2 is 1.85 bits per heavy atom. The van der Waals surface area contributed by atoms with Crippen molar-refractivity contribution in [3.05, 3.63) is 59.4 Å². The normalized spacial score (nSPS) is 23.4. The lowest BCUT2D eigenvalue weighted by atomic mass is 9.79. The van der Waals surface area contributed by atoms with E-state index in [4.69, 9.17) is 5.10 Å². The van der Waals surface area contributed by atoms with Crippen LogP contribution in [-0.2, 0) is 16.0 Å². The number of benzene rings is 2. The Kier molecular flexibility index (Phi) is 6.03. The van der Waals surface area contributed by atoms with Gasteiger partial charge < -0.3 is 4.90 Å². The first-order valence-electron chi connectivity index (χ1n) is 14.5. The van der Waals surface area contributed by atoms with Crippen LogP contribution in [0.15, 0.2) is 42.7 Å². The minimum Gasteiger partial charge on any atom is -0.300 e. The zero-order chi connectivity index (χ0) is 26.7. The molecule has 1 N–H and O–H groups in total. The third-order valence-electron chi connectivity index (χ3n) is 9.67. The fourth-order valence-corrected chi connectivity index (χ4v) is 7.12. The quantitative estimate of drug-likeness (QED) is 0.487. The number of hydrogen-bond donors (Lipinski definition) is 1. The average Bonchev–Trinajstić information content (AvgIpc) is 3.48. The largest absolute Gasteiger partial charge is 0.300 e. The number of aromatic nitrogens is 2. The summed E-state index contributed by atoms with van der Waals surface area (Å²) >= 11 is 0. The Morgan fingerprint density at radius 1 is 1.03 bits per heavy atom. The van der Waals surface area contributed by atoms with Crippen LogP contribution in [0.5, 0.6) is 0 Å². The van der Waals surface area contributed by atoms with Crippen molar-refractivity contribution in [1.29, 1.82) is 0 Å². The van der Waals surface area contributed by atoms with Gasteiger partial charge in [-0.2, -0.15) is 5.10 Å². The summed E-state index contributed by atoms with van der Waals surface area (Å²) in [4.78, 5) is 42.0. The van der Waals surface area contributed by atoms with Gasteiger partial charge in [0.1, 0.15) is 6.04 Å². The van der Waals surface area contributed by atoms with Crippen molar-refractivity contribution < 1.29 is 14.4 Å². The van der Waals surface area contributed by atoms with Gasteiger partial charge in [-0.1, -0.05) is 24.6 Å². The molecule has 2 atom stereocenters. The van der Waals surface area contributed by atoms with Crippen LogP contribution >= 0.6 is 0 Å². The highest BCUT2D eigenvalue weighted by Crippen LogP contribution is 2.41. The van der Waals surface area contributed by atoms with E-state index in [1.165, 1.54) is 19.3 Å². The molecule has 0 bridgehead atoms. The van der Waals surface area contributed by atoms with Gasteiger partial charge in [0.15, 0.2) is 0 Å². The third-order valence-corrected chi connectivity index (χ3v) is 9.67. The van der Waals surface area contributed by atoms with Crippen LogP contribution in [0, 0.1) is 5.92 Å². The number of amides is 3. The van der Waals surface area contributed by atoms with Gasteiger partial charge in [-0.05, 0) is 73.6 Å². The van der Waals surface area contributed by atoms with Gasteiger partial charge in [0, 0.05) is 49.1 Å². The SMILES string of the molecule is C[C@@H](C1CCC1)N1CCC(n2cc(Cc3ccc4c5c(cccc35)C(=O)N4C3CCC(=O)NC3=O)cn2)CC1. The van der Waals surface area contributed by atoms with E-state index in [2.05, 4.69) is 40.2 Å². The summed E-state index contributed by atoms with van der Waals surface area (Å²) in [6.07, 6.45) is 11.9. The standard InChI is InChI=1S/C31H35N5O3/c1-19(21-4-2-5-21)34-14-12-23(13-15-34)35-18-20(17-32-35)16-22-8-9-26-29-24(22)6-3-7-25(29)31(39)36(26)27-10-11-28(37)33-30(27)38/h3,6-9,17-19,21,23,27H,2,4-5,10-16H2,1H3,(H,33,37,38)/t19-,27?/m0/s1. The molecule has 2 saturated heterocycles. The first-order valence-corrected chi connectivity index (χ1v) is 14.5. The maximum absolute atomic E-state index is 13.4. The van der Waals surface area contributed by atoms with E-state index in [1.807, 2.05) is 24.4 Å². The smallest absolute Gasteiger partial charge is 0.259 e. The number of hydrogen-bond acceptors (Lipinski definition) is 5. The highest BCUT2D eigenvalue weighted by atomic mass is 16.2. The predicted molar refractivity (Wildman–Crippen MR) is 149 cm³/mol. The zero-order valence-corrected chi connectivity index (χ0v) is 22.4. The molecule has 4 heterocycles. The molecular weight excluding hydrogens is 490 g/mol. The number of piperidine rings is 2. The summed E-state index contributed by atoms with van der Waals surface area (Å²) in [6, 6.07) is 10.3. The van der Waals surface area contributed by atoms with Crippen LogP contribution in [0.2, 0.25) is 0 Å². The minimum atomic E-state index is -0.669. The number of carbonyl (C=O) groups excluding carboxylic acids is 3. The molecule has 0 radical (unpaired) electrons. The molecule has 1 saturated carbocycles. The lowest BCUT2D eigenvalue weighted by Crippen LogP contribution is -2.53. The lowest BCUT2D eigenvalue weighted by molar-refractivity contribution is -0.134. The Morgan fingerprint density at radius 3 is 2.59 bits per heavy atom. The number of likely N-dealkylation sites (tertiary alicyclic amines) is 1. The molecule has 1 aliphatic carbocycles. The molecule has 39 heavy (non-hydrogen) atoms. The second kappa shape index (κ2) is 9.59. The van der Waals surface area contributed by atoms with Gasteiger partial charge in [-0.25, -0.2) is 0 Å². The third kappa shape index (κ3) is 4.16. The minimum absolute atomic E-state index is 0.173. The van der Waals surface area contributed by atoms with Gasteiger partial charge in [-0.3, -0.25) is 29.3 Å². The number of imide groups is 1. The van der Waals surface area contributed by atoms with Gasteiger partial charge in [0.2, 0.25) is 11.8 Å². The molecule has 1 aromatic heterocycles. The summed E-state index contributed by atoms with van der Waals surface area (Å²) in [5.41, 5.74) is 3.67. The van der Waals surface area contributed by atoms with Gasteiger partial charge in [0.25, 0.3) is 5.91 Å². The molecule has 1 unspecified atom stereocenters. The molecule has 202 valence electrons. The van der Waals surface area contributed by atoms with Crippen molar-refractivity contribution in [2.75, 3.05) is 18.0 Å². The molecule has 3 aliphatic heterocycles. The Labute approximate surface area is 228 Å². The van der Waals surface area contributed by atoms with Crippen LogP contribution in [0.1, 0.15) is 79.4 Å². The predicted octanol–water partition coefficient (Wildman–Crippen LogP) is 4.22. The summed E-state index contributed by atoms with van der Waals surface area (Å²) in [6.45, 7) is 4.69. The second-order valence-corrected chi connectivity index (χ2v) is 11.8. The van der Waals surface area contributed by atoms with Crippen LogP contribution in [0.4, 0.5) is 5.69 Å². The number of anilines is 1. The van der Waals surface area contributed by atoms with Gasteiger partial charge >= 0.3 is 0 Å². The topological polar surface area (TPSA) is 87.5 Å². The van der Waals surface area contributed by atoms with Gasteiger partial charge in [-0.15, -0.1) is 0 Å². The molecule has 2 aromatic carbocycles. The van der Waals surface area contributed by atoms with Crippen molar-refractivity contribution in [3.8, 4) is 0 Å². The second-order valence-electron chi connectivity index (χ2n) is 11.8. The van der Waals surface area contributed by atoms with Crippen molar-refractivity contribution in [2.45, 2.75) is 76.4 Å². The van der Waals surface area contributed by atoms with Crippen LogP contribution in [0.25, 0.3) is 10.8 Å². The maximum Gasteiger partial charge on any atom is 0.259 e. The van der Waals surface area contributed by atoms with E-state index in [-0.39, 0.29) is 18.2 Å². The fraction of sp³-hybridized carbons (Fsp3) is 0.484. The first-order chi connectivity index (χ1) is 19.0. The van der Waals surface area contributed by atoms with E-state index in [1.54, 1.807) is 4.90 Å². The fourth-order valence-electron chi connectivity index (χ4n) is 7.12. The molecule has 3 aromatic rings. The number of nitrogens with zero attached hydrogens (tertiary/aromatic N) is 4. The molecule has 8 heteroatoms. The molecule has 3 amide bonds. The number of nitrogens with one attached hydrogen (secondary N) is 1. The first kappa shape index (κ1) is 24.5. The monoisotopic (exact) mass is 525 g/mol. The van der Waals surface area contributed by atoms with E-state index in [9.17, 15) is 14.4 Å². The molecular formula is C31H35N5O3. The molecule has 3 fully saturated rings. The summed E-state index contributed by atoms with van der Waals surface area (Å²) in [7, 11) is 0. The van der Waals surface area contributed by atoms with Crippen molar-refractivity contribution >= 4 is 34.2 Å². The molecule has 0 spiro atoms. The van der Waals surface area contributed by atoms with Crippen LogP contribution in [0.3, 0.4) is 0 Å². The lowest BCUT2D eigenvalue weighted by Gasteiger charge is -2.42. The Hall–Kier alpha value is -3.52. The van der Waals surface area contributed by atoms with Crippen molar-refractivity contribution in [1.82, 2.24) is 20.0 Å². The molecule has 7 rings (SSSR count). The summed E-state index contributed by atoms with van der Waals surface area (Å²) < 4.78 is 2.16. The number of rotatable bonds is 6. The van der Waals surface area contributed by atoms with Gasteiger partial charge in [0.05, 0.1) is 17.9 Å². The van der Waals surface area contributed by atoms with Crippen LogP contribution in [-0.4, -0.2) is 57.6 Å². The van der Waals surface area contributed by atoms with E-state index in [0.717, 1.165) is 65.9 Å². The van der Waals surface area contributed by atoms with E-state index in [0.29, 0.717) is 24.1 Å². The van der Waals surface area contributed by atoms with Crippen molar-refractivity contribution in [2.24, 2.45) is 5.92 Å². The van der Waals surface area contributed by atoms with Crippen LogP contribution < -0.4 is 10.2 Å². The zero-order valence-electron chi connectivity index (χ0n) is 22.4. The summed E-state index contributed by atoms with van der Waals surface area (Å²) in [5, 5.41) is 9.07. The number of carbonyl (C=O) groups is 3. The Balaban J connectivity index is 1.09. The molecule has 8 nitrogen and oxygen atoms in total. The Bertz CT molecular complexity index is 1470. The van der Waals surface area contributed by atoms with E-state index < -0.39 is 11.9 Å². The highest BCUT2D eigenvalue weighted by molar-refractivity contribution is 6.27.